The van der Waals surface area contributed by atoms with Gasteiger partial charge < -0.3 is 10.2 Å². The lowest BCUT2D eigenvalue weighted by molar-refractivity contribution is -0.120. The molecule has 3 aromatic rings. The van der Waals surface area contributed by atoms with Gasteiger partial charge in [0, 0.05) is 26.3 Å². The Hall–Kier alpha value is -2.96. The van der Waals surface area contributed by atoms with Crippen molar-refractivity contribution >= 4 is 56.4 Å². The molecule has 1 heterocycles. The van der Waals surface area contributed by atoms with Crippen molar-refractivity contribution in [2.24, 2.45) is 4.99 Å². The zero-order valence-electron chi connectivity index (χ0n) is 16.7. The number of halogens is 2. The molecule has 0 fully saturated rings. The van der Waals surface area contributed by atoms with Gasteiger partial charge in [-0.15, -0.1) is 0 Å². The maximum Gasteiger partial charge on any atom is 0.249 e. The number of carbonyl (C=O) groups excluding carboxylic acids is 2. The molecule has 0 aliphatic carbocycles. The number of hydrogen-bond acceptors (Lipinski definition) is 3. The molecule has 5 nitrogen and oxygen atoms in total. The van der Waals surface area contributed by atoms with Crippen LogP contribution in [0, 0.1) is 6.92 Å². The molecular weight excluding hydrogens is 478 g/mol. The highest BCUT2D eigenvalue weighted by atomic mass is 79.9. The van der Waals surface area contributed by atoms with E-state index < -0.39 is 0 Å². The first-order chi connectivity index (χ1) is 14.9. The molecule has 0 aromatic heterocycles. The number of benzodiazepines with no additional fused rings is 1. The largest absolute Gasteiger partial charge is 0.324 e. The van der Waals surface area contributed by atoms with Gasteiger partial charge in [-0.3, -0.25) is 14.6 Å². The summed E-state index contributed by atoms with van der Waals surface area (Å²) in [5.41, 5.74) is 4.47. The minimum Gasteiger partial charge on any atom is -0.324 e. The predicted octanol–water partition coefficient (Wildman–Crippen LogP) is 5.23. The lowest BCUT2D eigenvalue weighted by Gasteiger charge is -2.23. The summed E-state index contributed by atoms with van der Waals surface area (Å²) in [4.78, 5) is 31.9. The SMILES string of the molecule is Cc1c(Cl)cccc1NC(=O)CN1C(=O)CN=C(c2ccccc2)c2cc(Br)ccc21. The number of rotatable bonds is 4. The van der Waals surface area contributed by atoms with Gasteiger partial charge in [0.05, 0.1) is 11.4 Å². The molecule has 0 unspecified atom stereocenters. The molecule has 1 aliphatic rings. The van der Waals surface area contributed by atoms with E-state index in [0.29, 0.717) is 16.4 Å². The first kappa shape index (κ1) is 21.3. The Morgan fingerprint density at radius 1 is 1.13 bits per heavy atom. The molecule has 3 aromatic carbocycles. The van der Waals surface area contributed by atoms with Crippen molar-refractivity contribution in [3.63, 3.8) is 0 Å². The van der Waals surface area contributed by atoms with E-state index in [1.165, 1.54) is 4.90 Å². The Labute approximate surface area is 193 Å². The average molecular weight is 497 g/mol. The summed E-state index contributed by atoms with van der Waals surface area (Å²) < 4.78 is 0.864. The number of aliphatic imine (C=N–C) groups is 1. The number of carbonyl (C=O) groups is 2. The molecule has 1 N–H and O–H groups in total. The molecule has 0 atom stereocenters. The number of anilines is 2. The minimum atomic E-state index is -0.309. The molecule has 0 saturated carbocycles. The van der Waals surface area contributed by atoms with Crippen LogP contribution in [0.1, 0.15) is 16.7 Å². The third-order valence-electron chi connectivity index (χ3n) is 5.07. The monoisotopic (exact) mass is 495 g/mol. The fraction of sp³-hybridized carbons (Fsp3) is 0.125. The zero-order valence-corrected chi connectivity index (χ0v) is 19.1. The summed E-state index contributed by atoms with van der Waals surface area (Å²) in [5, 5.41) is 3.43. The van der Waals surface area contributed by atoms with Gasteiger partial charge in [0.15, 0.2) is 0 Å². The minimum absolute atomic E-state index is 0.0417. The molecule has 1 aliphatic heterocycles. The van der Waals surface area contributed by atoms with E-state index in [1.807, 2.05) is 55.5 Å². The number of benzene rings is 3. The van der Waals surface area contributed by atoms with Crippen LogP contribution in [0.4, 0.5) is 11.4 Å². The van der Waals surface area contributed by atoms with E-state index in [9.17, 15) is 9.59 Å². The Balaban J connectivity index is 1.67. The number of nitrogens with zero attached hydrogens (tertiary/aromatic N) is 2. The van der Waals surface area contributed by atoms with Gasteiger partial charge in [0.1, 0.15) is 13.1 Å². The quantitative estimate of drug-likeness (QED) is 0.537. The van der Waals surface area contributed by atoms with Crippen LogP contribution >= 0.6 is 27.5 Å². The molecule has 2 amide bonds. The summed E-state index contributed by atoms with van der Waals surface area (Å²) in [5.74, 6) is -0.553. The zero-order chi connectivity index (χ0) is 22.0. The van der Waals surface area contributed by atoms with Crippen molar-refractivity contribution < 1.29 is 9.59 Å². The van der Waals surface area contributed by atoms with Gasteiger partial charge >= 0.3 is 0 Å². The van der Waals surface area contributed by atoms with Gasteiger partial charge in [-0.05, 0) is 42.8 Å². The number of nitrogens with one attached hydrogen (secondary N) is 1. The van der Waals surface area contributed by atoms with Crippen molar-refractivity contribution in [3.05, 3.63) is 92.9 Å². The smallest absolute Gasteiger partial charge is 0.249 e. The van der Waals surface area contributed by atoms with Crippen molar-refractivity contribution in [3.8, 4) is 0 Å². The number of amides is 2. The molecule has 156 valence electrons. The van der Waals surface area contributed by atoms with Crippen LogP contribution in [0.15, 0.2) is 76.2 Å². The van der Waals surface area contributed by atoms with Crippen molar-refractivity contribution in [1.82, 2.24) is 0 Å². The van der Waals surface area contributed by atoms with E-state index in [1.54, 1.807) is 18.2 Å². The third kappa shape index (κ3) is 4.55. The van der Waals surface area contributed by atoms with Gasteiger partial charge in [-0.1, -0.05) is 63.9 Å². The maximum absolute atomic E-state index is 13.0. The first-order valence-corrected chi connectivity index (χ1v) is 10.9. The lowest BCUT2D eigenvalue weighted by atomic mass is 10.0. The van der Waals surface area contributed by atoms with Gasteiger partial charge in [0.25, 0.3) is 0 Å². The third-order valence-corrected chi connectivity index (χ3v) is 5.97. The summed E-state index contributed by atoms with van der Waals surface area (Å²) in [6.45, 7) is 1.67. The fourth-order valence-corrected chi connectivity index (χ4v) is 4.01. The van der Waals surface area contributed by atoms with E-state index in [2.05, 4.69) is 26.2 Å². The number of fused-ring (bicyclic) bond motifs is 1. The molecular formula is C24H19BrClN3O2. The topological polar surface area (TPSA) is 61.8 Å². The van der Waals surface area contributed by atoms with Crippen molar-refractivity contribution in [2.45, 2.75) is 6.92 Å². The predicted molar refractivity (Wildman–Crippen MR) is 128 cm³/mol. The Bertz CT molecular complexity index is 1190. The van der Waals surface area contributed by atoms with Crippen LogP contribution in [0.3, 0.4) is 0 Å². The molecule has 4 rings (SSSR count). The summed E-state index contributed by atoms with van der Waals surface area (Å²) in [6.07, 6.45) is 0. The highest BCUT2D eigenvalue weighted by Gasteiger charge is 2.27. The van der Waals surface area contributed by atoms with Crippen LogP contribution < -0.4 is 10.2 Å². The van der Waals surface area contributed by atoms with Crippen molar-refractivity contribution in [1.29, 1.82) is 0 Å². The summed E-state index contributed by atoms with van der Waals surface area (Å²) in [7, 11) is 0. The lowest BCUT2D eigenvalue weighted by Crippen LogP contribution is -2.39. The average Bonchev–Trinajstić information content (AvgIpc) is 2.89. The highest BCUT2D eigenvalue weighted by molar-refractivity contribution is 9.10. The number of hydrogen-bond donors (Lipinski definition) is 1. The molecule has 0 spiro atoms. The fourth-order valence-electron chi connectivity index (χ4n) is 3.48. The normalized spacial score (nSPS) is 13.3. The van der Waals surface area contributed by atoms with Crippen molar-refractivity contribution in [2.75, 3.05) is 23.3 Å². The molecule has 31 heavy (non-hydrogen) atoms. The summed E-state index contributed by atoms with van der Waals surface area (Å²) in [6, 6.07) is 20.6. The molecule has 7 heteroatoms. The van der Waals surface area contributed by atoms with E-state index in [-0.39, 0.29) is 24.9 Å². The first-order valence-electron chi connectivity index (χ1n) is 9.69. The van der Waals surface area contributed by atoms with Gasteiger partial charge in [-0.2, -0.15) is 0 Å². The second-order valence-corrected chi connectivity index (χ2v) is 8.46. The van der Waals surface area contributed by atoms with Gasteiger partial charge in [-0.25, -0.2) is 0 Å². The van der Waals surface area contributed by atoms with Crippen LogP contribution in [-0.2, 0) is 9.59 Å². The van der Waals surface area contributed by atoms with E-state index in [0.717, 1.165) is 26.9 Å². The van der Waals surface area contributed by atoms with Crippen LogP contribution in [0.2, 0.25) is 5.02 Å². The van der Waals surface area contributed by atoms with E-state index >= 15 is 0 Å². The van der Waals surface area contributed by atoms with E-state index in [4.69, 9.17) is 11.6 Å². The standard InChI is InChI=1S/C24H19BrClN3O2/c1-15-19(26)8-5-9-20(15)28-22(30)14-29-21-11-10-17(25)12-18(21)24(27-13-23(29)31)16-6-3-2-4-7-16/h2-12H,13-14H2,1H3,(H,28,30). The summed E-state index contributed by atoms with van der Waals surface area (Å²) >= 11 is 9.67. The molecule has 0 bridgehead atoms. The second-order valence-electron chi connectivity index (χ2n) is 7.13. The highest BCUT2D eigenvalue weighted by Crippen LogP contribution is 2.30. The molecule has 0 radical (unpaired) electrons. The van der Waals surface area contributed by atoms with Crippen LogP contribution in [-0.4, -0.2) is 30.6 Å². The van der Waals surface area contributed by atoms with Gasteiger partial charge in [0.2, 0.25) is 11.8 Å². The second kappa shape index (κ2) is 9.04. The Kier molecular flexibility index (Phi) is 6.20. The van der Waals surface area contributed by atoms with Crippen LogP contribution in [0.25, 0.3) is 0 Å². The Morgan fingerprint density at radius 2 is 1.90 bits per heavy atom. The molecule has 0 saturated heterocycles. The Morgan fingerprint density at radius 3 is 2.68 bits per heavy atom. The van der Waals surface area contributed by atoms with Crippen LogP contribution in [0.5, 0.6) is 0 Å². The maximum atomic E-state index is 13.0.